The van der Waals surface area contributed by atoms with Crippen LogP contribution in [0, 0.1) is 0 Å². The van der Waals surface area contributed by atoms with E-state index in [0.29, 0.717) is 22.6 Å². The van der Waals surface area contributed by atoms with Crippen molar-refractivity contribution in [2.45, 2.75) is 6.42 Å². The Morgan fingerprint density at radius 3 is 2.67 bits per heavy atom. The number of ketones is 1. The number of Topliss-reactive ketones (excluding diaryl/α,β-unsaturated/α-hetero) is 1. The fourth-order valence-electron chi connectivity index (χ4n) is 2.39. The molecule has 0 atom stereocenters. The summed E-state index contributed by atoms with van der Waals surface area (Å²) in [6, 6.07) is 12.7. The van der Waals surface area contributed by atoms with E-state index in [1.165, 1.54) is 11.3 Å². The van der Waals surface area contributed by atoms with Crippen molar-refractivity contribution in [3.63, 3.8) is 0 Å². The number of anilines is 1. The van der Waals surface area contributed by atoms with Crippen LogP contribution in [0.3, 0.4) is 0 Å². The third kappa shape index (κ3) is 3.61. The molecule has 1 aromatic heterocycles. The van der Waals surface area contributed by atoms with E-state index in [2.05, 4.69) is 0 Å². The average molecular weight is 339 g/mol. The van der Waals surface area contributed by atoms with Crippen LogP contribution in [0.4, 0.5) is 5.69 Å². The summed E-state index contributed by atoms with van der Waals surface area (Å²) in [5.74, 6) is 5.67. The SMILES string of the molecule is NN(C(=O)C1=CN(CC(=O)c2cccs2)C=CC1)c1ccccc1. The molecule has 0 aliphatic carbocycles. The van der Waals surface area contributed by atoms with Gasteiger partial charge < -0.3 is 4.90 Å². The van der Waals surface area contributed by atoms with Crippen LogP contribution >= 0.6 is 11.3 Å². The molecule has 6 heteroatoms. The fourth-order valence-corrected chi connectivity index (χ4v) is 3.05. The van der Waals surface area contributed by atoms with Gasteiger partial charge in [0.2, 0.25) is 0 Å². The molecule has 24 heavy (non-hydrogen) atoms. The van der Waals surface area contributed by atoms with Crippen LogP contribution in [0.1, 0.15) is 16.1 Å². The van der Waals surface area contributed by atoms with Crippen LogP contribution < -0.4 is 10.9 Å². The standard InChI is InChI=1S/C18H17N3O2S/c19-21(15-7-2-1-3-8-15)18(23)14-6-4-10-20(12-14)13-16(22)17-9-5-11-24-17/h1-5,7-12H,6,13,19H2. The molecule has 1 aromatic carbocycles. The molecular weight excluding hydrogens is 322 g/mol. The van der Waals surface area contributed by atoms with Crippen molar-refractivity contribution in [3.05, 3.63) is 76.8 Å². The lowest BCUT2D eigenvalue weighted by Gasteiger charge is -2.23. The predicted molar refractivity (Wildman–Crippen MR) is 95.3 cm³/mol. The number of para-hydroxylation sites is 1. The molecular formula is C18H17N3O2S. The molecule has 1 aliphatic rings. The summed E-state index contributed by atoms with van der Waals surface area (Å²) < 4.78 is 0. The zero-order chi connectivity index (χ0) is 16.9. The van der Waals surface area contributed by atoms with Gasteiger partial charge in [-0.15, -0.1) is 11.3 Å². The Morgan fingerprint density at radius 1 is 1.17 bits per heavy atom. The summed E-state index contributed by atoms with van der Waals surface area (Å²) in [5.41, 5.74) is 1.17. The van der Waals surface area contributed by atoms with Gasteiger partial charge >= 0.3 is 0 Å². The van der Waals surface area contributed by atoms with Gasteiger partial charge in [0.05, 0.1) is 17.1 Å². The number of rotatable bonds is 5. The van der Waals surface area contributed by atoms with Crippen LogP contribution in [-0.4, -0.2) is 23.1 Å². The summed E-state index contributed by atoms with van der Waals surface area (Å²) in [5, 5.41) is 3.00. The summed E-state index contributed by atoms with van der Waals surface area (Å²) in [7, 11) is 0. The normalized spacial score (nSPS) is 13.5. The molecule has 0 radical (unpaired) electrons. The van der Waals surface area contributed by atoms with Crippen LogP contribution in [0.15, 0.2) is 71.9 Å². The second kappa shape index (κ2) is 7.25. The van der Waals surface area contributed by atoms with Gasteiger partial charge in [0, 0.05) is 18.0 Å². The van der Waals surface area contributed by atoms with E-state index in [9.17, 15) is 9.59 Å². The molecule has 0 spiro atoms. The van der Waals surface area contributed by atoms with E-state index in [1.807, 2.05) is 41.9 Å². The van der Waals surface area contributed by atoms with Gasteiger partial charge in [0.15, 0.2) is 5.78 Å². The first-order valence-electron chi connectivity index (χ1n) is 7.49. The van der Waals surface area contributed by atoms with E-state index in [0.717, 1.165) is 5.01 Å². The number of carbonyl (C=O) groups is 2. The maximum absolute atomic E-state index is 12.5. The van der Waals surface area contributed by atoms with Crippen LogP contribution in [0.2, 0.25) is 0 Å². The van der Waals surface area contributed by atoms with E-state index in [4.69, 9.17) is 5.84 Å². The third-order valence-electron chi connectivity index (χ3n) is 3.61. The van der Waals surface area contributed by atoms with Crippen molar-refractivity contribution in [3.8, 4) is 0 Å². The second-order valence-electron chi connectivity index (χ2n) is 5.33. The monoisotopic (exact) mass is 339 g/mol. The van der Waals surface area contributed by atoms with Gasteiger partial charge in [-0.3, -0.25) is 9.59 Å². The highest BCUT2D eigenvalue weighted by Gasteiger charge is 2.20. The Balaban J connectivity index is 1.70. The average Bonchev–Trinajstić information content (AvgIpc) is 3.16. The third-order valence-corrected chi connectivity index (χ3v) is 4.52. The van der Waals surface area contributed by atoms with Gasteiger partial charge in [-0.25, -0.2) is 10.9 Å². The molecule has 122 valence electrons. The first kappa shape index (κ1) is 16.2. The minimum Gasteiger partial charge on any atom is -0.346 e. The molecule has 0 saturated heterocycles. The lowest BCUT2D eigenvalue weighted by Crippen LogP contribution is -2.39. The first-order chi connectivity index (χ1) is 11.6. The number of hydrogen-bond acceptors (Lipinski definition) is 5. The smallest absolute Gasteiger partial charge is 0.270 e. The van der Waals surface area contributed by atoms with Crippen LogP contribution in [0.25, 0.3) is 0 Å². The molecule has 0 fully saturated rings. The molecule has 1 amide bonds. The van der Waals surface area contributed by atoms with E-state index >= 15 is 0 Å². The van der Waals surface area contributed by atoms with Gasteiger partial charge in [-0.05, 0) is 30.0 Å². The lowest BCUT2D eigenvalue weighted by atomic mass is 10.1. The first-order valence-corrected chi connectivity index (χ1v) is 8.37. The summed E-state index contributed by atoms with van der Waals surface area (Å²) in [6.07, 6.45) is 5.85. The fraction of sp³-hybridized carbons (Fsp3) is 0.111. The Labute approximate surface area is 144 Å². The van der Waals surface area contributed by atoms with Gasteiger partial charge in [-0.1, -0.05) is 30.3 Å². The molecule has 2 N–H and O–H groups in total. The zero-order valence-electron chi connectivity index (χ0n) is 13.0. The molecule has 1 aliphatic heterocycles. The minimum absolute atomic E-state index is 0.0206. The molecule has 2 aromatic rings. The van der Waals surface area contributed by atoms with Crippen LogP contribution in [0.5, 0.6) is 0 Å². The Bertz CT molecular complexity index is 782. The van der Waals surface area contributed by atoms with E-state index < -0.39 is 0 Å². The number of nitrogens with zero attached hydrogens (tertiary/aromatic N) is 2. The zero-order valence-corrected chi connectivity index (χ0v) is 13.8. The molecule has 0 bridgehead atoms. The second-order valence-corrected chi connectivity index (χ2v) is 6.27. The quantitative estimate of drug-likeness (QED) is 0.394. The topological polar surface area (TPSA) is 66.6 Å². The highest BCUT2D eigenvalue weighted by atomic mass is 32.1. The van der Waals surface area contributed by atoms with Gasteiger partial charge in [0.1, 0.15) is 0 Å². The van der Waals surface area contributed by atoms with Crippen molar-refractivity contribution in [1.29, 1.82) is 0 Å². The number of hydrazine groups is 1. The maximum atomic E-state index is 12.5. The highest BCUT2D eigenvalue weighted by Crippen LogP contribution is 2.19. The van der Waals surface area contributed by atoms with E-state index in [-0.39, 0.29) is 18.2 Å². The van der Waals surface area contributed by atoms with Gasteiger partial charge in [-0.2, -0.15) is 0 Å². The Hall–Kier alpha value is -2.70. The lowest BCUT2D eigenvalue weighted by molar-refractivity contribution is -0.115. The number of benzene rings is 1. The van der Waals surface area contributed by atoms with Gasteiger partial charge in [0.25, 0.3) is 5.91 Å². The molecule has 0 saturated carbocycles. The molecule has 2 heterocycles. The maximum Gasteiger partial charge on any atom is 0.270 e. The van der Waals surface area contributed by atoms with Crippen molar-refractivity contribution >= 4 is 28.7 Å². The number of carbonyl (C=O) groups excluding carboxylic acids is 2. The summed E-state index contributed by atoms with van der Waals surface area (Å²) >= 11 is 1.41. The minimum atomic E-state index is -0.279. The predicted octanol–water partition coefficient (Wildman–Crippen LogP) is 2.94. The highest BCUT2D eigenvalue weighted by molar-refractivity contribution is 7.12. The Morgan fingerprint density at radius 2 is 1.96 bits per heavy atom. The molecule has 3 rings (SSSR count). The van der Waals surface area contributed by atoms with Crippen LogP contribution in [-0.2, 0) is 4.79 Å². The van der Waals surface area contributed by atoms with Crippen molar-refractivity contribution < 1.29 is 9.59 Å². The summed E-state index contributed by atoms with van der Waals surface area (Å²) in [4.78, 5) is 27.2. The number of amides is 1. The number of thiophene rings is 1. The van der Waals surface area contributed by atoms with Crippen molar-refractivity contribution in [2.75, 3.05) is 11.6 Å². The van der Waals surface area contributed by atoms with Crippen molar-refractivity contribution in [1.82, 2.24) is 4.90 Å². The van der Waals surface area contributed by atoms with Crippen molar-refractivity contribution in [2.24, 2.45) is 5.84 Å². The van der Waals surface area contributed by atoms with E-state index in [1.54, 1.807) is 29.3 Å². The number of nitrogens with two attached hydrogens (primary N) is 1. The Kier molecular flexibility index (Phi) is 4.88. The molecule has 5 nitrogen and oxygen atoms in total. The number of allylic oxidation sites excluding steroid dienone is 1. The molecule has 0 unspecified atom stereocenters. The number of hydrogen-bond donors (Lipinski definition) is 1. The largest absolute Gasteiger partial charge is 0.346 e. The summed E-state index contributed by atoms with van der Waals surface area (Å²) in [6.45, 7) is 0.198.